The summed E-state index contributed by atoms with van der Waals surface area (Å²) in [5.74, 6) is 0. The fourth-order valence-electron chi connectivity index (χ4n) is 0.614. The quantitative estimate of drug-likeness (QED) is 0.618. The molecule has 0 saturated carbocycles. The molecule has 0 bridgehead atoms. The lowest BCUT2D eigenvalue weighted by Gasteiger charge is -1.90. The fraction of sp³-hybridized carbons (Fsp3) is 0.300. The van der Waals surface area contributed by atoms with Crippen molar-refractivity contribution in [2.24, 2.45) is 5.73 Å². The first kappa shape index (κ1) is 13.4. The van der Waals surface area contributed by atoms with Crippen molar-refractivity contribution < 1.29 is 0 Å². The van der Waals surface area contributed by atoms with Gasteiger partial charge >= 0.3 is 0 Å². The molecule has 0 amide bonds. The molecule has 0 aliphatic carbocycles. The summed E-state index contributed by atoms with van der Waals surface area (Å²) in [6.07, 6.45) is 0. The van der Waals surface area contributed by atoms with Crippen LogP contribution in [0.1, 0.15) is 19.4 Å². The molecule has 0 fully saturated rings. The fourth-order valence-corrected chi connectivity index (χ4v) is 0.614. The lowest BCUT2D eigenvalue weighted by molar-refractivity contribution is 1.07. The summed E-state index contributed by atoms with van der Waals surface area (Å²) in [6.45, 7) is 7.14. The van der Waals surface area contributed by atoms with Crippen LogP contribution < -0.4 is 5.73 Å². The van der Waals surface area contributed by atoms with Gasteiger partial charge in [0.2, 0.25) is 0 Å². The van der Waals surface area contributed by atoms with Gasteiger partial charge in [-0.1, -0.05) is 44.2 Å². The van der Waals surface area contributed by atoms with Crippen molar-refractivity contribution in [1.82, 2.24) is 0 Å². The van der Waals surface area contributed by atoms with E-state index >= 15 is 0 Å². The number of nitrogens with two attached hydrogens (primary N) is 1. The Morgan fingerprint density at radius 2 is 1.58 bits per heavy atom. The van der Waals surface area contributed by atoms with E-state index in [4.69, 9.17) is 11.1 Å². The molecule has 3 N–H and O–H groups in total. The molecule has 0 aliphatic rings. The van der Waals surface area contributed by atoms with Crippen molar-refractivity contribution in [2.75, 3.05) is 0 Å². The molecule has 1 aromatic carbocycles. The van der Waals surface area contributed by atoms with E-state index < -0.39 is 0 Å². The number of hydrogen-bond donors (Lipinski definition) is 2. The molecule has 2 nitrogen and oxygen atoms in total. The molecule has 0 aromatic heterocycles. The van der Waals surface area contributed by atoms with E-state index in [1.807, 2.05) is 44.2 Å². The highest BCUT2D eigenvalue weighted by Crippen LogP contribution is 1.94. The number of benzene rings is 1. The zero-order chi connectivity index (χ0) is 9.82. The molecule has 0 aliphatic heterocycles. The Bertz CT molecular complexity index is 161. The van der Waals surface area contributed by atoms with E-state index in [0.29, 0.717) is 6.54 Å². The van der Waals surface area contributed by atoms with Crippen LogP contribution >= 0.6 is 0 Å². The monoisotopic (exact) mass is 166 g/mol. The predicted octanol–water partition coefficient (Wildman–Crippen LogP) is 2.44. The summed E-state index contributed by atoms with van der Waals surface area (Å²) < 4.78 is 0. The minimum atomic E-state index is 0.640. The second kappa shape index (κ2) is 12.5. The van der Waals surface area contributed by atoms with Crippen molar-refractivity contribution >= 4 is 6.72 Å². The third-order valence-electron chi connectivity index (χ3n) is 1.08. The van der Waals surface area contributed by atoms with E-state index in [9.17, 15) is 0 Å². The molecule has 68 valence electrons. The van der Waals surface area contributed by atoms with Gasteiger partial charge in [0.1, 0.15) is 0 Å². The largest absolute Gasteiger partial charge is 0.326 e. The molecule has 1 rings (SSSR count). The zero-order valence-electron chi connectivity index (χ0n) is 7.88. The maximum atomic E-state index is 5.50. The summed E-state index contributed by atoms with van der Waals surface area (Å²) in [5.41, 5.74) is 6.54. The van der Waals surface area contributed by atoms with E-state index in [1.54, 1.807) is 0 Å². The zero-order valence-corrected chi connectivity index (χ0v) is 7.88. The Labute approximate surface area is 74.9 Å². The highest BCUT2D eigenvalue weighted by atomic mass is 14.5. The highest BCUT2D eigenvalue weighted by molar-refractivity contribution is 5.15. The van der Waals surface area contributed by atoms with Crippen LogP contribution in [0.4, 0.5) is 0 Å². The van der Waals surface area contributed by atoms with Gasteiger partial charge in [0, 0.05) is 6.54 Å². The minimum absolute atomic E-state index is 0.640. The van der Waals surface area contributed by atoms with Gasteiger partial charge in [0.25, 0.3) is 0 Å². The summed E-state index contributed by atoms with van der Waals surface area (Å²) in [6, 6.07) is 9.99. The van der Waals surface area contributed by atoms with Gasteiger partial charge in [0.05, 0.1) is 0 Å². The average Bonchev–Trinajstić information content (AvgIpc) is 2.25. The molecule has 0 unspecified atom stereocenters. The normalized spacial score (nSPS) is 6.92. The van der Waals surface area contributed by atoms with E-state index in [0.717, 1.165) is 0 Å². The van der Waals surface area contributed by atoms with Gasteiger partial charge < -0.3 is 11.1 Å². The maximum Gasteiger partial charge on any atom is 0.0178 e. The van der Waals surface area contributed by atoms with Crippen LogP contribution in [-0.4, -0.2) is 6.72 Å². The van der Waals surface area contributed by atoms with Crippen LogP contribution in [0.5, 0.6) is 0 Å². The Balaban J connectivity index is 0. The van der Waals surface area contributed by atoms with Crippen LogP contribution in [0.2, 0.25) is 0 Å². The van der Waals surface area contributed by atoms with Crippen molar-refractivity contribution in [3.8, 4) is 0 Å². The molecule has 0 saturated heterocycles. The van der Waals surface area contributed by atoms with Crippen LogP contribution in [-0.2, 0) is 6.54 Å². The lowest BCUT2D eigenvalue weighted by atomic mass is 10.2. The van der Waals surface area contributed by atoms with Crippen molar-refractivity contribution in [3.05, 3.63) is 35.9 Å². The van der Waals surface area contributed by atoms with Gasteiger partial charge in [-0.15, -0.1) is 0 Å². The first-order valence-electron chi connectivity index (χ1n) is 4.03. The molecule has 0 spiro atoms. The maximum absolute atomic E-state index is 5.50. The van der Waals surface area contributed by atoms with Crippen molar-refractivity contribution in [1.29, 1.82) is 5.41 Å². The van der Waals surface area contributed by atoms with Crippen LogP contribution in [0, 0.1) is 5.41 Å². The standard InChI is InChI=1S/C7H9N.C2H6.CH3N/c8-6-7-4-2-1-3-5-7;2*1-2/h1-5H,6,8H2;1-2H3;2H,1H2. The molecule has 0 heterocycles. The lowest BCUT2D eigenvalue weighted by Crippen LogP contribution is -1.94. The summed E-state index contributed by atoms with van der Waals surface area (Å²) in [7, 11) is 0. The smallest absolute Gasteiger partial charge is 0.0178 e. The average molecular weight is 166 g/mol. The van der Waals surface area contributed by atoms with Gasteiger partial charge in [0.15, 0.2) is 0 Å². The van der Waals surface area contributed by atoms with E-state index in [1.165, 1.54) is 5.56 Å². The van der Waals surface area contributed by atoms with Crippen LogP contribution in [0.25, 0.3) is 0 Å². The van der Waals surface area contributed by atoms with Crippen molar-refractivity contribution in [3.63, 3.8) is 0 Å². The molecule has 12 heavy (non-hydrogen) atoms. The first-order valence-corrected chi connectivity index (χ1v) is 4.03. The Morgan fingerprint density at radius 3 is 1.83 bits per heavy atom. The minimum Gasteiger partial charge on any atom is -0.326 e. The topological polar surface area (TPSA) is 49.9 Å². The molecular weight excluding hydrogens is 148 g/mol. The van der Waals surface area contributed by atoms with Gasteiger partial charge in [-0.2, -0.15) is 0 Å². The third-order valence-corrected chi connectivity index (χ3v) is 1.08. The molecule has 0 atom stereocenters. The van der Waals surface area contributed by atoms with E-state index in [2.05, 4.69) is 6.72 Å². The van der Waals surface area contributed by atoms with Gasteiger partial charge in [-0.05, 0) is 12.3 Å². The van der Waals surface area contributed by atoms with Gasteiger partial charge in [-0.3, -0.25) is 0 Å². The van der Waals surface area contributed by atoms with Crippen LogP contribution in [0.15, 0.2) is 30.3 Å². The molecule has 0 radical (unpaired) electrons. The van der Waals surface area contributed by atoms with Crippen molar-refractivity contribution in [2.45, 2.75) is 20.4 Å². The first-order chi connectivity index (χ1) is 5.93. The Morgan fingerprint density at radius 1 is 1.17 bits per heavy atom. The molecular formula is C10H18N2. The number of hydrogen-bond acceptors (Lipinski definition) is 2. The molecule has 1 aromatic rings. The Kier molecular flexibility index (Phi) is 14.0. The second-order valence-electron chi connectivity index (χ2n) is 1.69. The summed E-state index contributed by atoms with van der Waals surface area (Å²) in [5, 5.41) is 5.50. The van der Waals surface area contributed by atoms with Crippen LogP contribution in [0.3, 0.4) is 0 Å². The summed E-state index contributed by atoms with van der Waals surface area (Å²) in [4.78, 5) is 0. The number of nitrogens with one attached hydrogen (secondary N) is 1. The molecule has 2 heteroatoms. The van der Waals surface area contributed by atoms with E-state index in [-0.39, 0.29) is 0 Å². The third kappa shape index (κ3) is 6.96. The predicted molar refractivity (Wildman–Crippen MR) is 55.5 cm³/mol. The summed E-state index contributed by atoms with van der Waals surface area (Å²) >= 11 is 0. The van der Waals surface area contributed by atoms with Gasteiger partial charge in [-0.25, -0.2) is 0 Å². The Hall–Kier alpha value is -1.15. The highest BCUT2D eigenvalue weighted by Gasteiger charge is 1.80. The SMILES string of the molecule is C=N.CC.NCc1ccccc1. The second-order valence-corrected chi connectivity index (χ2v) is 1.69. The number of rotatable bonds is 1.